The summed E-state index contributed by atoms with van der Waals surface area (Å²) >= 11 is 0. The van der Waals surface area contributed by atoms with Gasteiger partial charge in [0.15, 0.2) is 0 Å². The predicted octanol–water partition coefficient (Wildman–Crippen LogP) is 8.67. The third-order valence-corrected chi connectivity index (χ3v) is 12.2. The summed E-state index contributed by atoms with van der Waals surface area (Å²) in [5, 5.41) is 5.66. The fourth-order valence-electron chi connectivity index (χ4n) is 6.76. The molecule has 1 aliphatic heterocycles. The molecule has 0 aliphatic carbocycles. The SMILES string of the molecule is CCN(CC)CCN(C(=O)OCCCNC(=O)CC(C)(CC)OCCC(C)(CC)OCC(C)(CC)CC)C(=O)c1c(C)[nH]c(C=C2C(=O)Nc3ccc(F)cc32)c1C. The Morgan fingerprint density at radius 3 is 2.19 bits per heavy atom. The van der Waals surface area contributed by atoms with Crippen LogP contribution in [0.3, 0.4) is 0 Å². The molecule has 1 aliphatic rings. The summed E-state index contributed by atoms with van der Waals surface area (Å²) < 4.78 is 32.4. The van der Waals surface area contributed by atoms with Crippen molar-refractivity contribution in [1.29, 1.82) is 0 Å². The van der Waals surface area contributed by atoms with Gasteiger partial charge in [0.1, 0.15) is 5.82 Å². The summed E-state index contributed by atoms with van der Waals surface area (Å²) in [5.41, 5.74) is 2.22. The smallest absolute Gasteiger partial charge is 0.416 e. The highest BCUT2D eigenvalue weighted by Gasteiger charge is 2.33. The number of carbonyl (C=O) groups excluding carboxylic acids is 4. The Kier molecular flexibility index (Phi) is 18.1. The van der Waals surface area contributed by atoms with Gasteiger partial charge >= 0.3 is 6.09 Å². The minimum absolute atomic E-state index is 0.00601. The van der Waals surface area contributed by atoms with Gasteiger partial charge in [0.2, 0.25) is 5.91 Å². The van der Waals surface area contributed by atoms with E-state index in [1.807, 2.05) is 27.7 Å². The maximum absolute atomic E-state index is 14.1. The Morgan fingerprint density at radius 2 is 1.57 bits per heavy atom. The number of benzene rings is 1. The van der Waals surface area contributed by atoms with Crippen molar-refractivity contribution in [2.75, 3.05) is 57.9 Å². The average Bonchev–Trinajstić information content (AvgIpc) is 3.66. The number of halogens is 1. The summed E-state index contributed by atoms with van der Waals surface area (Å²) in [6, 6.07) is 4.08. The fourth-order valence-corrected chi connectivity index (χ4v) is 6.76. The summed E-state index contributed by atoms with van der Waals surface area (Å²) in [6.45, 7) is 25.8. The number of hydrogen-bond acceptors (Lipinski definition) is 8. The number of likely N-dealkylation sites (N-methyl/N-ethyl adjacent to an activating group) is 1. The number of carbonyl (C=O) groups is 4. The Balaban J connectivity index is 1.60. The van der Waals surface area contributed by atoms with Gasteiger partial charge in [-0.05, 0) is 115 Å². The molecule has 2 unspecified atom stereocenters. The van der Waals surface area contributed by atoms with Crippen LogP contribution in [-0.4, -0.2) is 102 Å². The molecule has 0 radical (unpaired) electrons. The minimum atomic E-state index is -0.785. The molecule has 2 atom stereocenters. The summed E-state index contributed by atoms with van der Waals surface area (Å²) in [7, 11) is 0. The number of rotatable bonds is 24. The van der Waals surface area contributed by atoms with Crippen molar-refractivity contribution in [3.05, 3.63) is 52.1 Å². The highest BCUT2D eigenvalue weighted by molar-refractivity contribution is 6.35. The lowest BCUT2D eigenvalue weighted by atomic mass is 9.85. The number of aromatic nitrogens is 1. The van der Waals surface area contributed by atoms with Crippen molar-refractivity contribution in [2.45, 2.75) is 132 Å². The van der Waals surface area contributed by atoms with Gasteiger partial charge in [-0.1, -0.05) is 48.5 Å². The average molecular weight is 812 g/mol. The molecule has 2 aromatic rings. The summed E-state index contributed by atoms with van der Waals surface area (Å²) in [6.07, 6.45) is 5.70. The van der Waals surface area contributed by atoms with E-state index in [9.17, 15) is 23.6 Å². The minimum Gasteiger partial charge on any atom is -0.449 e. The standard InChI is InChI=1S/C45H70FN5O7/c1-12-43(9,13-2)30-58-44(10,14-3)21-26-57-45(11,15-4)29-38(52)47-22-18-25-56-42(55)51(24-23-50(16-5)17-6)41(54)39-31(7)37(48-32(39)8)28-35-34-27-33(46)19-20-36(34)49-40(35)53/h19-20,27-28,48H,12-18,21-26,29-30H2,1-11H3,(H,47,52)(H,49,53). The van der Waals surface area contributed by atoms with E-state index in [-0.39, 0.29) is 60.1 Å². The number of hydrogen-bond donors (Lipinski definition) is 3. The van der Waals surface area contributed by atoms with Gasteiger partial charge in [-0.2, -0.15) is 0 Å². The predicted molar refractivity (Wildman–Crippen MR) is 228 cm³/mol. The second kappa shape index (κ2) is 21.8. The molecule has 4 amide bonds. The fraction of sp³-hybridized carbons (Fsp3) is 0.644. The van der Waals surface area contributed by atoms with E-state index in [1.165, 1.54) is 18.2 Å². The lowest BCUT2D eigenvalue weighted by molar-refractivity contribution is -0.132. The first-order valence-electron chi connectivity index (χ1n) is 21.2. The number of nitrogens with one attached hydrogen (secondary N) is 3. The Labute approximate surface area is 346 Å². The van der Waals surface area contributed by atoms with Crippen molar-refractivity contribution >= 4 is 41.2 Å². The van der Waals surface area contributed by atoms with E-state index in [4.69, 9.17) is 14.2 Å². The second-order valence-corrected chi connectivity index (χ2v) is 16.4. The van der Waals surface area contributed by atoms with Gasteiger partial charge in [0, 0.05) is 42.3 Å². The molecule has 0 bridgehead atoms. The van der Waals surface area contributed by atoms with E-state index in [1.54, 1.807) is 19.9 Å². The van der Waals surface area contributed by atoms with E-state index in [2.05, 4.69) is 55.1 Å². The Morgan fingerprint density at radius 1 is 0.897 bits per heavy atom. The van der Waals surface area contributed by atoms with Crippen LogP contribution in [0.5, 0.6) is 0 Å². The third kappa shape index (κ3) is 13.0. The number of ether oxygens (including phenoxy) is 3. The van der Waals surface area contributed by atoms with Gasteiger partial charge in [-0.3, -0.25) is 14.4 Å². The number of imide groups is 1. The van der Waals surface area contributed by atoms with Crippen molar-refractivity contribution in [3.63, 3.8) is 0 Å². The molecule has 1 aromatic carbocycles. The Bertz CT molecular complexity index is 1750. The van der Waals surface area contributed by atoms with Crippen molar-refractivity contribution < 1.29 is 37.8 Å². The highest BCUT2D eigenvalue weighted by Crippen LogP contribution is 2.35. The van der Waals surface area contributed by atoms with Crippen LogP contribution in [0.4, 0.5) is 14.9 Å². The zero-order valence-electron chi connectivity index (χ0n) is 37.0. The van der Waals surface area contributed by atoms with Crippen LogP contribution in [0.25, 0.3) is 11.6 Å². The molecule has 13 heteroatoms. The van der Waals surface area contributed by atoms with Crippen molar-refractivity contribution in [3.8, 4) is 0 Å². The van der Waals surface area contributed by atoms with Crippen LogP contribution in [0.1, 0.15) is 140 Å². The van der Waals surface area contributed by atoms with Crippen LogP contribution in [-0.2, 0) is 23.8 Å². The van der Waals surface area contributed by atoms with Gasteiger partial charge in [-0.15, -0.1) is 0 Å². The lowest BCUT2D eigenvalue weighted by Gasteiger charge is -2.36. The van der Waals surface area contributed by atoms with E-state index in [0.29, 0.717) is 60.8 Å². The van der Waals surface area contributed by atoms with Gasteiger partial charge in [0.25, 0.3) is 11.8 Å². The van der Waals surface area contributed by atoms with Crippen LogP contribution < -0.4 is 10.6 Å². The third-order valence-electron chi connectivity index (χ3n) is 12.2. The first-order chi connectivity index (χ1) is 27.4. The van der Waals surface area contributed by atoms with Crippen LogP contribution >= 0.6 is 0 Å². The summed E-state index contributed by atoms with van der Waals surface area (Å²) in [5.74, 6) is -1.55. The number of anilines is 1. The molecule has 0 saturated heterocycles. The van der Waals surface area contributed by atoms with Gasteiger partial charge in [0.05, 0.1) is 48.6 Å². The van der Waals surface area contributed by atoms with Crippen LogP contribution in [0.2, 0.25) is 0 Å². The van der Waals surface area contributed by atoms with Crippen molar-refractivity contribution in [2.24, 2.45) is 5.41 Å². The van der Waals surface area contributed by atoms with Gasteiger partial charge < -0.3 is 34.7 Å². The molecular weight excluding hydrogens is 742 g/mol. The van der Waals surface area contributed by atoms with E-state index >= 15 is 0 Å². The first kappa shape index (κ1) is 48.3. The molecule has 0 fully saturated rings. The number of aromatic amines is 1. The number of nitrogens with zero attached hydrogens (tertiary/aromatic N) is 2. The molecule has 0 spiro atoms. The number of amides is 4. The second-order valence-electron chi connectivity index (χ2n) is 16.4. The van der Waals surface area contributed by atoms with Gasteiger partial charge in [-0.25, -0.2) is 14.1 Å². The number of H-pyrrole nitrogens is 1. The maximum Gasteiger partial charge on any atom is 0.416 e. The van der Waals surface area contributed by atoms with E-state index < -0.39 is 23.4 Å². The number of fused-ring (bicyclic) bond motifs is 1. The Hall–Kier alpha value is -4.07. The van der Waals surface area contributed by atoms with E-state index in [0.717, 1.165) is 43.7 Å². The topological polar surface area (TPSA) is 142 Å². The molecule has 0 saturated carbocycles. The van der Waals surface area contributed by atoms with Crippen molar-refractivity contribution in [1.82, 2.24) is 20.1 Å². The zero-order chi connectivity index (χ0) is 43.3. The molecular formula is C45H70FN5O7. The molecule has 58 heavy (non-hydrogen) atoms. The molecule has 2 heterocycles. The maximum atomic E-state index is 14.1. The molecule has 324 valence electrons. The largest absolute Gasteiger partial charge is 0.449 e. The molecule has 1 aromatic heterocycles. The van der Waals surface area contributed by atoms with Crippen LogP contribution in [0.15, 0.2) is 18.2 Å². The number of aryl methyl sites for hydroxylation is 1. The molecule has 3 N–H and O–H groups in total. The quantitative estimate of drug-likeness (QED) is 0.0707. The molecule has 3 rings (SSSR count). The summed E-state index contributed by atoms with van der Waals surface area (Å²) in [4.78, 5) is 59.9. The monoisotopic (exact) mass is 812 g/mol. The lowest BCUT2D eigenvalue weighted by Crippen LogP contribution is -2.43. The zero-order valence-corrected chi connectivity index (χ0v) is 37.0. The van der Waals surface area contributed by atoms with Crippen LogP contribution in [0, 0.1) is 25.1 Å². The highest BCUT2D eigenvalue weighted by atomic mass is 19.1. The molecule has 12 nitrogen and oxygen atoms in total. The first-order valence-corrected chi connectivity index (χ1v) is 21.2. The normalized spacial score (nSPS) is 15.5.